The highest BCUT2D eigenvalue weighted by Crippen LogP contribution is 2.41. The molecule has 0 aliphatic heterocycles. The molecule has 0 aliphatic carbocycles. The predicted octanol–water partition coefficient (Wildman–Crippen LogP) is 8.36. The molecular weight excluding hydrogens is 450 g/mol. The first-order valence-corrected chi connectivity index (χ1v) is 12.0. The Kier molecular flexibility index (Phi) is 6.68. The summed E-state index contributed by atoms with van der Waals surface area (Å²) in [7, 11) is 0. The van der Waals surface area contributed by atoms with Crippen molar-refractivity contribution >= 4 is 33.8 Å². The van der Waals surface area contributed by atoms with Crippen molar-refractivity contribution in [2.24, 2.45) is 0 Å². The minimum Gasteiger partial charge on any atom is -0.488 e. The number of benzene rings is 4. The Morgan fingerprint density at radius 3 is 1.75 bits per heavy atom. The molecule has 0 atom stereocenters. The van der Waals surface area contributed by atoms with Crippen molar-refractivity contribution in [3.8, 4) is 11.5 Å². The third kappa shape index (κ3) is 5.80. The molecule has 0 bridgehead atoms. The van der Waals surface area contributed by atoms with Gasteiger partial charge >= 0.3 is 5.97 Å². The lowest BCUT2D eigenvalue weighted by molar-refractivity contribution is 0.0696. The van der Waals surface area contributed by atoms with E-state index in [1.54, 1.807) is 12.1 Å². The molecule has 0 aromatic heterocycles. The van der Waals surface area contributed by atoms with Gasteiger partial charge in [0, 0.05) is 22.1 Å². The number of carbonyl (C=O) groups is 1. The van der Waals surface area contributed by atoms with E-state index < -0.39 is 5.97 Å². The maximum Gasteiger partial charge on any atom is 0.335 e. The van der Waals surface area contributed by atoms with Gasteiger partial charge in [-0.05, 0) is 102 Å². The summed E-state index contributed by atoms with van der Waals surface area (Å²) in [5.74, 6) is 0.647. The molecule has 0 heterocycles. The summed E-state index contributed by atoms with van der Waals surface area (Å²) in [4.78, 5) is 13.6. The molecular formula is C31H33NO4. The zero-order valence-electron chi connectivity index (χ0n) is 21.7. The summed E-state index contributed by atoms with van der Waals surface area (Å²) in [6.45, 7) is 12.2. The van der Waals surface area contributed by atoms with Crippen LogP contribution in [0.3, 0.4) is 0 Å². The van der Waals surface area contributed by atoms with Crippen LogP contribution in [0.5, 0.6) is 11.5 Å². The number of ether oxygens (including phenoxy) is 2. The molecule has 1 N–H and O–H groups in total. The third-order valence-electron chi connectivity index (χ3n) is 5.41. The van der Waals surface area contributed by atoms with E-state index >= 15 is 0 Å². The van der Waals surface area contributed by atoms with Gasteiger partial charge in [0.25, 0.3) is 0 Å². The molecule has 4 aromatic carbocycles. The lowest BCUT2D eigenvalue weighted by atomic mass is 10.0. The molecule has 0 fully saturated rings. The number of nitrogens with zero attached hydrogens (tertiary/aromatic N) is 1. The fraction of sp³-hybridized carbons (Fsp3) is 0.258. The quantitative estimate of drug-likeness (QED) is 0.298. The van der Waals surface area contributed by atoms with Crippen LogP contribution in [0, 0.1) is 0 Å². The van der Waals surface area contributed by atoms with Crippen LogP contribution in [0.15, 0.2) is 84.9 Å². The molecule has 4 rings (SSSR count). The van der Waals surface area contributed by atoms with Crippen molar-refractivity contribution in [2.45, 2.75) is 52.7 Å². The molecule has 0 unspecified atom stereocenters. The summed E-state index contributed by atoms with van der Waals surface area (Å²) in [6.07, 6.45) is 0. The molecule has 0 saturated carbocycles. The van der Waals surface area contributed by atoms with E-state index in [0.29, 0.717) is 0 Å². The van der Waals surface area contributed by atoms with Gasteiger partial charge in [0.15, 0.2) is 0 Å². The van der Waals surface area contributed by atoms with Crippen molar-refractivity contribution in [3.63, 3.8) is 0 Å². The molecule has 0 spiro atoms. The molecule has 5 nitrogen and oxygen atoms in total. The lowest BCUT2D eigenvalue weighted by Gasteiger charge is -2.28. The van der Waals surface area contributed by atoms with Gasteiger partial charge in [-0.1, -0.05) is 24.3 Å². The summed E-state index contributed by atoms with van der Waals surface area (Å²) in [5.41, 5.74) is 2.34. The van der Waals surface area contributed by atoms with E-state index in [9.17, 15) is 9.90 Å². The van der Waals surface area contributed by atoms with Gasteiger partial charge in [0.1, 0.15) is 22.7 Å². The summed E-state index contributed by atoms with van der Waals surface area (Å²) < 4.78 is 12.3. The standard InChI is InChI=1S/C31H33NO4/c1-30(2,3)35-24-19-17-23(18-20-24)32(22-15-13-21(14-16-22)29(33)34)27-11-7-10-26-25(27)9-8-12-28(26)36-31(4,5)6/h7-20H,1-6H3,(H,33,34). The van der Waals surface area contributed by atoms with E-state index in [1.807, 2.05) is 96.1 Å². The van der Waals surface area contributed by atoms with E-state index in [2.05, 4.69) is 23.1 Å². The summed E-state index contributed by atoms with van der Waals surface area (Å²) in [6, 6.07) is 27.1. The molecule has 0 radical (unpaired) electrons. The average Bonchev–Trinajstić information content (AvgIpc) is 2.79. The van der Waals surface area contributed by atoms with Crippen molar-refractivity contribution < 1.29 is 19.4 Å². The Hall–Kier alpha value is -3.99. The van der Waals surface area contributed by atoms with E-state index in [-0.39, 0.29) is 16.8 Å². The number of carboxylic acids is 1. The summed E-state index contributed by atoms with van der Waals surface area (Å²) >= 11 is 0. The van der Waals surface area contributed by atoms with Crippen LogP contribution in [0.1, 0.15) is 51.9 Å². The van der Waals surface area contributed by atoms with Crippen molar-refractivity contribution in [3.05, 3.63) is 90.5 Å². The van der Waals surface area contributed by atoms with E-state index in [4.69, 9.17) is 9.47 Å². The highest BCUT2D eigenvalue weighted by Gasteiger charge is 2.20. The Morgan fingerprint density at radius 2 is 1.19 bits per heavy atom. The third-order valence-corrected chi connectivity index (χ3v) is 5.41. The first-order valence-electron chi connectivity index (χ1n) is 12.0. The fourth-order valence-electron chi connectivity index (χ4n) is 4.08. The minimum absolute atomic E-state index is 0.242. The first kappa shape index (κ1) is 25.1. The van der Waals surface area contributed by atoms with Gasteiger partial charge in [0.05, 0.1) is 11.3 Å². The van der Waals surface area contributed by atoms with Crippen LogP contribution in [-0.4, -0.2) is 22.3 Å². The second-order valence-corrected chi connectivity index (χ2v) is 10.7. The number of fused-ring (bicyclic) bond motifs is 1. The number of rotatable bonds is 6. The Bertz CT molecular complexity index is 1360. The van der Waals surface area contributed by atoms with E-state index in [0.717, 1.165) is 39.3 Å². The Balaban J connectivity index is 1.87. The number of anilines is 3. The zero-order chi connectivity index (χ0) is 26.1. The van der Waals surface area contributed by atoms with Gasteiger partial charge in [0.2, 0.25) is 0 Å². The molecule has 0 amide bonds. The van der Waals surface area contributed by atoms with Crippen molar-refractivity contribution in [1.82, 2.24) is 0 Å². The van der Waals surface area contributed by atoms with Crippen LogP contribution in [-0.2, 0) is 0 Å². The largest absolute Gasteiger partial charge is 0.488 e. The second-order valence-electron chi connectivity index (χ2n) is 10.7. The predicted molar refractivity (Wildman–Crippen MR) is 146 cm³/mol. The van der Waals surface area contributed by atoms with Gasteiger partial charge in [-0.2, -0.15) is 0 Å². The van der Waals surface area contributed by atoms with Gasteiger partial charge < -0.3 is 19.5 Å². The number of aromatic carboxylic acids is 1. The van der Waals surface area contributed by atoms with Crippen LogP contribution >= 0.6 is 0 Å². The fourth-order valence-corrected chi connectivity index (χ4v) is 4.08. The van der Waals surface area contributed by atoms with Crippen LogP contribution < -0.4 is 14.4 Å². The Morgan fingerprint density at radius 1 is 0.667 bits per heavy atom. The zero-order valence-corrected chi connectivity index (χ0v) is 21.7. The highest BCUT2D eigenvalue weighted by atomic mass is 16.5. The van der Waals surface area contributed by atoms with Gasteiger partial charge in [-0.15, -0.1) is 0 Å². The number of hydrogen-bond acceptors (Lipinski definition) is 4. The average molecular weight is 484 g/mol. The van der Waals surface area contributed by atoms with Crippen LogP contribution in [0.2, 0.25) is 0 Å². The normalized spacial score (nSPS) is 11.8. The second kappa shape index (κ2) is 9.57. The molecule has 186 valence electrons. The van der Waals surface area contributed by atoms with Crippen LogP contribution in [0.4, 0.5) is 17.1 Å². The number of hydrogen-bond donors (Lipinski definition) is 1. The monoisotopic (exact) mass is 483 g/mol. The lowest BCUT2D eigenvalue weighted by Crippen LogP contribution is -2.23. The molecule has 0 aliphatic rings. The van der Waals surface area contributed by atoms with Gasteiger partial charge in [-0.25, -0.2) is 4.79 Å². The molecule has 36 heavy (non-hydrogen) atoms. The van der Waals surface area contributed by atoms with E-state index in [1.165, 1.54) is 0 Å². The van der Waals surface area contributed by atoms with Crippen molar-refractivity contribution in [2.75, 3.05) is 4.90 Å². The first-order chi connectivity index (χ1) is 16.9. The van der Waals surface area contributed by atoms with Crippen LogP contribution in [0.25, 0.3) is 10.8 Å². The maximum atomic E-state index is 11.5. The molecule has 4 aromatic rings. The topological polar surface area (TPSA) is 59.0 Å². The Labute approximate surface area is 212 Å². The minimum atomic E-state index is -0.953. The number of carboxylic acid groups (broad SMARTS) is 1. The van der Waals surface area contributed by atoms with Gasteiger partial charge in [-0.3, -0.25) is 0 Å². The molecule has 5 heteroatoms. The SMILES string of the molecule is CC(C)(C)Oc1ccc(N(c2ccc(C(=O)O)cc2)c2cccc3c(OC(C)(C)C)cccc23)cc1. The summed E-state index contributed by atoms with van der Waals surface area (Å²) in [5, 5.41) is 11.4. The van der Waals surface area contributed by atoms with Crippen molar-refractivity contribution in [1.29, 1.82) is 0 Å². The smallest absolute Gasteiger partial charge is 0.335 e. The molecule has 0 saturated heterocycles. The highest BCUT2D eigenvalue weighted by molar-refractivity contribution is 6.01. The maximum absolute atomic E-state index is 11.5.